The minimum Gasteiger partial charge on any atom is -0.368 e. The predicted octanol–water partition coefficient (Wildman–Crippen LogP) is 5.87. The quantitative estimate of drug-likeness (QED) is 0.421. The Morgan fingerprint density at radius 1 is 0.972 bits per heavy atom. The predicted molar refractivity (Wildman–Crippen MR) is 133 cm³/mol. The molecule has 2 aromatic carbocycles. The van der Waals surface area contributed by atoms with Crippen molar-refractivity contribution in [2.24, 2.45) is 10.9 Å². The largest absolute Gasteiger partial charge is 0.416 e. The molecule has 36 heavy (non-hydrogen) atoms. The van der Waals surface area contributed by atoms with E-state index >= 15 is 0 Å². The van der Waals surface area contributed by atoms with E-state index in [1.807, 2.05) is 17.9 Å². The normalized spacial score (nSPS) is 20.2. The van der Waals surface area contributed by atoms with Crippen molar-refractivity contribution in [1.82, 2.24) is 14.7 Å². The van der Waals surface area contributed by atoms with Crippen LogP contribution in [0.5, 0.6) is 0 Å². The average Bonchev–Trinajstić information content (AvgIpc) is 3.32. The van der Waals surface area contributed by atoms with Gasteiger partial charge in [-0.15, -0.1) is 0 Å². The number of hydrogen-bond donors (Lipinski definition) is 0. The van der Waals surface area contributed by atoms with Gasteiger partial charge in [-0.25, -0.2) is 9.67 Å². The maximum atomic E-state index is 13.8. The lowest BCUT2D eigenvalue weighted by Gasteiger charge is -2.40. The summed E-state index contributed by atoms with van der Waals surface area (Å²) in [4.78, 5) is 22.2. The highest BCUT2D eigenvalue weighted by Crippen LogP contribution is 2.39. The number of benzene rings is 2. The van der Waals surface area contributed by atoms with E-state index in [2.05, 4.69) is 10.1 Å². The van der Waals surface area contributed by atoms with Crippen LogP contribution in [-0.2, 0) is 11.0 Å². The van der Waals surface area contributed by atoms with Crippen LogP contribution in [0, 0.1) is 5.92 Å². The van der Waals surface area contributed by atoms with Crippen LogP contribution in [0.1, 0.15) is 24.1 Å². The Labute approximate surface area is 215 Å². The first-order valence-corrected chi connectivity index (χ1v) is 12.1. The zero-order chi connectivity index (χ0) is 25.6. The maximum absolute atomic E-state index is 13.8. The van der Waals surface area contributed by atoms with Crippen molar-refractivity contribution in [2.45, 2.75) is 19.1 Å². The Morgan fingerprint density at radius 2 is 1.67 bits per heavy atom. The molecular formula is C25H22Cl2F3N5O. The van der Waals surface area contributed by atoms with Crippen LogP contribution >= 0.6 is 23.2 Å². The summed E-state index contributed by atoms with van der Waals surface area (Å²) in [5, 5.41) is 5.24. The molecule has 6 nitrogen and oxygen atoms in total. The second-order valence-corrected chi connectivity index (χ2v) is 9.65. The van der Waals surface area contributed by atoms with Gasteiger partial charge in [0.1, 0.15) is 5.92 Å². The van der Waals surface area contributed by atoms with Gasteiger partial charge in [0.15, 0.2) is 5.82 Å². The van der Waals surface area contributed by atoms with Crippen molar-refractivity contribution < 1.29 is 18.0 Å². The van der Waals surface area contributed by atoms with Crippen LogP contribution in [0.3, 0.4) is 0 Å². The Balaban J connectivity index is 1.36. The number of aliphatic imine (C=N–C) groups is 1. The summed E-state index contributed by atoms with van der Waals surface area (Å²) >= 11 is 12.4. The van der Waals surface area contributed by atoms with E-state index in [1.54, 1.807) is 34.0 Å². The molecule has 2 unspecified atom stereocenters. The number of carbonyl (C=O) groups excluding carboxylic acids is 1. The first kappa shape index (κ1) is 24.6. The van der Waals surface area contributed by atoms with Crippen molar-refractivity contribution >= 4 is 46.3 Å². The summed E-state index contributed by atoms with van der Waals surface area (Å²) in [7, 11) is 0. The van der Waals surface area contributed by atoms with E-state index in [4.69, 9.17) is 23.2 Å². The number of nitrogens with zero attached hydrogens (tertiary/aromatic N) is 5. The number of alkyl halides is 3. The molecule has 2 aliphatic heterocycles. The molecule has 0 radical (unpaired) electrons. The Morgan fingerprint density at radius 3 is 2.31 bits per heavy atom. The summed E-state index contributed by atoms with van der Waals surface area (Å²) in [6, 6.07) is 11.7. The lowest BCUT2D eigenvalue weighted by Crippen LogP contribution is -2.53. The van der Waals surface area contributed by atoms with Crippen molar-refractivity contribution in [3.63, 3.8) is 0 Å². The zero-order valence-electron chi connectivity index (χ0n) is 19.2. The maximum Gasteiger partial charge on any atom is 0.416 e. The number of amides is 1. The van der Waals surface area contributed by atoms with E-state index in [-0.39, 0.29) is 5.91 Å². The first-order valence-electron chi connectivity index (χ1n) is 11.4. The topological polar surface area (TPSA) is 53.7 Å². The second kappa shape index (κ2) is 9.44. The summed E-state index contributed by atoms with van der Waals surface area (Å²) in [5.41, 5.74) is 1.48. The van der Waals surface area contributed by atoms with E-state index in [1.165, 1.54) is 12.1 Å². The van der Waals surface area contributed by atoms with E-state index in [0.717, 1.165) is 17.7 Å². The first-order chi connectivity index (χ1) is 17.1. The molecule has 5 rings (SSSR count). The van der Waals surface area contributed by atoms with Crippen LogP contribution in [0.2, 0.25) is 10.0 Å². The van der Waals surface area contributed by atoms with Gasteiger partial charge in [0.05, 0.1) is 27.8 Å². The molecule has 1 aromatic heterocycles. The van der Waals surface area contributed by atoms with Crippen LogP contribution in [0.25, 0.3) is 0 Å². The van der Waals surface area contributed by atoms with Gasteiger partial charge in [-0.2, -0.15) is 18.3 Å². The molecule has 2 aliphatic rings. The van der Waals surface area contributed by atoms with Gasteiger partial charge in [0.25, 0.3) is 0 Å². The highest BCUT2D eigenvalue weighted by Gasteiger charge is 2.41. The minimum absolute atomic E-state index is 0.0828. The molecule has 2 atom stereocenters. The molecule has 1 saturated heterocycles. The van der Waals surface area contributed by atoms with Gasteiger partial charge in [0.2, 0.25) is 5.91 Å². The van der Waals surface area contributed by atoms with Crippen LogP contribution < -0.4 is 4.90 Å². The third-order valence-corrected chi connectivity index (χ3v) is 7.41. The summed E-state index contributed by atoms with van der Waals surface area (Å²) in [6.45, 7) is 3.71. The number of carbonyl (C=O) groups is 1. The SMILES string of the molecule is CC1=Nc2ccnn2C(c2ccc(Cl)c(Cl)c2)C1C(=O)N1CCN(c2ccc(C(F)(F)F)cc2)CC1. The van der Waals surface area contributed by atoms with E-state index < -0.39 is 23.7 Å². The smallest absolute Gasteiger partial charge is 0.368 e. The number of aromatic nitrogens is 2. The van der Waals surface area contributed by atoms with Crippen LogP contribution in [-0.4, -0.2) is 52.5 Å². The van der Waals surface area contributed by atoms with Gasteiger partial charge in [-0.05, 0) is 48.9 Å². The Kier molecular flexibility index (Phi) is 6.46. The zero-order valence-corrected chi connectivity index (χ0v) is 20.7. The van der Waals surface area contributed by atoms with Gasteiger partial charge < -0.3 is 9.80 Å². The fourth-order valence-corrected chi connectivity index (χ4v) is 5.12. The van der Waals surface area contributed by atoms with E-state index in [0.29, 0.717) is 53.4 Å². The Bertz CT molecular complexity index is 1310. The molecule has 3 heterocycles. The number of anilines is 1. The molecule has 3 aromatic rings. The monoisotopic (exact) mass is 535 g/mol. The molecule has 0 spiro atoms. The molecule has 0 saturated carbocycles. The summed E-state index contributed by atoms with van der Waals surface area (Å²) < 4.78 is 40.4. The van der Waals surface area contributed by atoms with Crippen molar-refractivity contribution in [1.29, 1.82) is 0 Å². The summed E-state index contributed by atoms with van der Waals surface area (Å²) in [5.74, 6) is -0.0208. The minimum atomic E-state index is -4.37. The highest BCUT2D eigenvalue weighted by atomic mass is 35.5. The molecule has 1 fully saturated rings. The molecule has 0 bridgehead atoms. The molecule has 0 N–H and O–H groups in total. The van der Waals surface area contributed by atoms with Gasteiger partial charge in [0, 0.05) is 43.6 Å². The average molecular weight is 536 g/mol. The molecular weight excluding hydrogens is 514 g/mol. The third kappa shape index (κ3) is 4.57. The van der Waals surface area contributed by atoms with Crippen molar-refractivity contribution in [2.75, 3.05) is 31.1 Å². The number of piperazine rings is 1. The molecule has 188 valence electrons. The number of halogens is 5. The fraction of sp³-hybridized carbons (Fsp3) is 0.320. The number of hydrogen-bond acceptors (Lipinski definition) is 4. The lowest BCUT2D eigenvalue weighted by atomic mass is 9.87. The second-order valence-electron chi connectivity index (χ2n) is 8.84. The number of fused-ring (bicyclic) bond motifs is 1. The Hall–Kier alpha value is -3.04. The third-order valence-electron chi connectivity index (χ3n) is 6.67. The van der Waals surface area contributed by atoms with Crippen LogP contribution in [0.4, 0.5) is 24.7 Å². The highest BCUT2D eigenvalue weighted by molar-refractivity contribution is 6.42. The summed E-state index contributed by atoms with van der Waals surface area (Å²) in [6.07, 6.45) is -2.73. The van der Waals surface area contributed by atoms with Crippen molar-refractivity contribution in [3.05, 3.63) is 75.9 Å². The lowest BCUT2D eigenvalue weighted by molar-refractivity contribution is -0.137. The van der Waals surface area contributed by atoms with Gasteiger partial charge in [-0.1, -0.05) is 29.3 Å². The fourth-order valence-electron chi connectivity index (χ4n) is 4.82. The van der Waals surface area contributed by atoms with Gasteiger partial charge in [-0.3, -0.25) is 4.79 Å². The molecule has 0 aliphatic carbocycles. The van der Waals surface area contributed by atoms with Crippen molar-refractivity contribution in [3.8, 4) is 0 Å². The van der Waals surface area contributed by atoms with Crippen LogP contribution in [0.15, 0.2) is 59.7 Å². The van der Waals surface area contributed by atoms with Gasteiger partial charge >= 0.3 is 6.18 Å². The number of rotatable bonds is 3. The standard InChI is InChI=1S/C25H22Cl2F3N5O/c1-15-22(23(35-21(32-15)8-9-31-35)16-2-7-19(26)20(27)14-16)24(36)34-12-10-33(11-13-34)18-5-3-17(4-6-18)25(28,29)30/h2-9,14,22-23H,10-13H2,1H3. The van der Waals surface area contributed by atoms with E-state index in [9.17, 15) is 18.0 Å². The molecule has 1 amide bonds. The molecule has 11 heteroatoms.